The van der Waals surface area contributed by atoms with Gasteiger partial charge in [0.05, 0.1) is 16.1 Å². The number of aromatic nitrogens is 3. The van der Waals surface area contributed by atoms with Crippen LogP contribution in [0.2, 0.25) is 0 Å². The van der Waals surface area contributed by atoms with Gasteiger partial charge in [0.25, 0.3) is 5.91 Å². The molecule has 1 N–H and O–H groups in total. The summed E-state index contributed by atoms with van der Waals surface area (Å²) >= 11 is 3.06. The average molecular weight is 359 g/mol. The van der Waals surface area contributed by atoms with Crippen molar-refractivity contribution in [3.05, 3.63) is 39.4 Å². The molecule has 1 amide bonds. The Hall–Kier alpha value is -1.90. The number of carbonyl (C=O) groups is 1. The molecule has 1 aliphatic heterocycles. The molecule has 0 bridgehead atoms. The first-order valence-corrected chi connectivity index (χ1v) is 9.57. The van der Waals surface area contributed by atoms with E-state index < -0.39 is 0 Å². The Labute approximate surface area is 147 Å². The lowest BCUT2D eigenvalue weighted by Gasteiger charge is -2.15. The van der Waals surface area contributed by atoms with E-state index in [9.17, 15) is 4.79 Å². The van der Waals surface area contributed by atoms with Gasteiger partial charge in [-0.1, -0.05) is 0 Å². The van der Waals surface area contributed by atoms with Gasteiger partial charge in [0.2, 0.25) is 0 Å². The Morgan fingerprint density at radius 3 is 3.04 bits per heavy atom. The molecular formula is C16H17N5OS2. The topological polar surface area (TPSA) is 71.0 Å². The van der Waals surface area contributed by atoms with Crippen molar-refractivity contribution in [2.24, 2.45) is 0 Å². The van der Waals surface area contributed by atoms with Gasteiger partial charge in [0, 0.05) is 49.4 Å². The smallest absolute Gasteiger partial charge is 0.261 e. The first-order chi connectivity index (χ1) is 11.8. The second-order valence-electron chi connectivity index (χ2n) is 5.83. The fourth-order valence-corrected chi connectivity index (χ4v) is 4.95. The molecule has 0 saturated carbocycles. The molecule has 1 saturated heterocycles. The van der Waals surface area contributed by atoms with E-state index in [0.29, 0.717) is 5.92 Å². The zero-order valence-electron chi connectivity index (χ0n) is 13.2. The van der Waals surface area contributed by atoms with Gasteiger partial charge in [0.1, 0.15) is 10.3 Å². The second-order valence-corrected chi connectivity index (χ2v) is 7.55. The number of carbonyl (C=O) groups excluding carboxylic acids is 1. The highest BCUT2D eigenvalue weighted by molar-refractivity contribution is 7.20. The zero-order valence-corrected chi connectivity index (χ0v) is 14.9. The van der Waals surface area contributed by atoms with E-state index in [2.05, 4.69) is 30.5 Å². The van der Waals surface area contributed by atoms with Gasteiger partial charge in [-0.15, -0.1) is 22.7 Å². The molecule has 3 aromatic rings. The van der Waals surface area contributed by atoms with Gasteiger partial charge >= 0.3 is 0 Å². The van der Waals surface area contributed by atoms with Crippen molar-refractivity contribution in [1.82, 2.24) is 25.2 Å². The van der Waals surface area contributed by atoms with Crippen LogP contribution in [0.3, 0.4) is 0 Å². The minimum Gasteiger partial charge on any atom is -0.354 e. The largest absolute Gasteiger partial charge is 0.354 e. The summed E-state index contributed by atoms with van der Waals surface area (Å²) in [7, 11) is 1.67. The molecule has 24 heavy (non-hydrogen) atoms. The lowest BCUT2D eigenvalue weighted by atomic mass is 9.97. The lowest BCUT2D eigenvalue weighted by molar-refractivity contribution is 0.0966. The maximum Gasteiger partial charge on any atom is 0.261 e. The Kier molecular flexibility index (Phi) is 4.26. The standard InChI is InChI=1S/C16H17N5OS2/c1-17-15(22)14-12(13-16(24-14)19-4-3-18-13)10-2-5-21(6-10)7-11-8-23-9-20-11/h3-4,8-10H,2,5-7H2,1H3,(H,17,22)/t10-/m0/s1. The fourth-order valence-electron chi connectivity index (χ4n) is 3.26. The third-order valence-corrected chi connectivity index (χ3v) is 6.08. The number of hydrogen-bond acceptors (Lipinski definition) is 7. The van der Waals surface area contributed by atoms with Crippen LogP contribution in [0.4, 0.5) is 0 Å². The number of nitrogens with zero attached hydrogens (tertiary/aromatic N) is 4. The van der Waals surface area contributed by atoms with Gasteiger partial charge in [-0.3, -0.25) is 14.7 Å². The maximum absolute atomic E-state index is 12.3. The quantitative estimate of drug-likeness (QED) is 0.775. The van der Waals surface area contributed by atoms with Crippen LogP contribution < -0.4 is 5.32 Å². The Bertz CT molecular complexity index is 861. The summed E-state index contributed by atoms with van der Waals surface area (Å²) in [4.78, 5) is 29.6. The van der Waals surface area contributed by atoms with E-state index in [-0.39, 0.29) is 5.91 Å². The summed E-state index contributed by atoms with van der Waals surface area (Å²) in [6.07, 6.45) is 4.41. The SMILES string of the molecule is CNC(=O)c1sc2nccnc2c1[C@H]1CCN(Cc2cscn2)C1. The molecule has 0 aromatic carbocycles. The highest BCUT2D eigenvalue weighted by atomic mass is 32.1. The van der Waals surface area contributed by atoms with Gasteiger partial charge in [0.15, 0.2) is 0 Å². The molecule has 1 aliphatic rings. The maximum atomic E-state index is 12.3. The fraction of sp³-hybridized carbons (Fsp3) is 0.375. The van der Waals surface area contributed by atoms with E-state index in [1.807, 2.05) is 5.51 Å². The molecular weight excluding hydrogens is 342 g/mol. The minimum absolute atomic E-state index is 0.0484. The molecule has 3 aromatic heterocycles. The normalized spacial score (nSPS) is 18.3. The molecule has 0 aliphatic carbocycles. The molecule has 6 nitrogen and oxygen atoms in total. The highest BCUT2D eigenvalue weighted by Gasteiger charge is 2.31. The van der Waals surface area contributed by atoms with Crippen LogP contribution in [0.25, 0.3) is 10.3 Å². The van der Waals surface area contributed by atoms with Crippen LogP contribution in [-0.2, 0) is 6.54 Å². The monoisotopic (exact) mass is 359 g/mol. The van der Waals surface area contributed by atoms with Crippen molar-refractivity contribution in [2.45, 2.75) is 18.9 Å². The predicted molar refractivity (Wildman–Crippen MR) is 95.6 cm³/mol. The third kappa shape index (κ3) is 2.81. The van der Waals surface area contributed by atoms with Crippen LogP contribution in [0.1, 0.15) is 33.3 Å². The molecule has 8 heteroatoms. The molecule has 124 valence electrons. The molecule has 0 radical (unpaired) electrons. The van der Waals surface area contributed by atoms with Gasteiger partial charge in [-0.05, 0) is 13.0 Å². The Morgan fingerprint density at radius 2 is 2.25 bits per heavy atom. The number of thiophene rings is 1. The van der Waals surface area contributed by atoms with E-state index in [0.717, 1.165) is 52.5 Å². The van der Waals surface area contributed by atoms with Crippen molar-refractivity contribution < 1.29 is 4.79 Å². The van der Waals surface area contributed by atoms with Crippen LogP contribution in [0.5, 0.6) is 0 Å². The van der Waals surface area contributed by atoms with Crippen LogP contribution >= 0.6 is 22.7 Å². The van der Waals surface area contributed by atoms with E-state index in [1.165, 1.54) is 11.3 Å². The van der Waals surface area contributed by atoms with Crippen molar-refractivity contribution >= 4 is 38.9 Å². The zero-order chi connectivity index (χ0) is 16.5. The molecule has 1 fully saturated rings. The lowest BCUT2D eigenvalue weighted by Crippen LogP contribution is -2.21. The molecule has 4 rings (SSSR count). The van der Waals surface area contributed by atoms with Crippen molar-refractivity contribution in [1.29, 1.82) is 0 Å². The minimum atomic E-state index is -0.0484. The van der Waals surface area contributed by atoms with Gasteiger partial charge in [-0.2, -0.15) is 0 Å². The first kappa shape index (κ1) is 15.6. The average Bonchev–Trinajstić information content (AvgIpc) is 3.33. The summed E-state index contributed by atoms with van der Waals surface area (Å²) in [6, 6.07) is 0. The highest BCUT2D eigenvalue weighted by Crippen LogP contribution is 2.38. The summed E-state index contributed by atoms with van der Waals surface area (Å²) < 4.78 is 0. The first-order valence-electron chi connectivity index (χ1n) is 7.81. The number of amides is 1. The van der Waals surface area contributed by atoms with Gasteiger partial charge < -0.3 is 5.32 Å². The second kappa shape index (κ2) is 6.54. The molecule has 1 atom stereocenters. The summed E-state index contributed by atoms with van der Waals surface area (Å²) in [5.41, 5.74) is 4.92. The van der Waals surface area contributed by atoms with Crippen LogP contribution in [0, 0.1) is 0 Å². The van der Waals surface area contributed by atoms with E-state index >= 15 is 0 Å². The van der Waals surface area contributed by atoms with Crippen molar-refractivity contribution in [3.63, 3.8) is 0 Å². The number of nitrogens with one attached hydrogen (secondary N) is 1. The Balaban J connectivity index is 1.65. The molecule has 0 spiro atoms. The third-order valence-electron chi connectivity index (χ3n) is 4.35. The number of fused-ring (bicyclic) bond motifs is 1. The Morgan fingerprint density at radius 1 is 1.38 bits per heavy atom. The molecule has 4 heterocycles. The molecule has 0 unspecified atom stereocenters. The number of hydrogen-bond donors (Lipinski definition) is 1. The summed E-state index contributed by atoms with van der Waals surface area (Å²) in [5.74, 6) is 0.258. The number of likely N-dealkylation sites (tertiary alicyclic amines) is 1. The van der Waals surface area contributed by atoms with Gasteiger partial charge in [-0.25, -0.2) is 9.97 Å². The van der Waals surface area contributed by atoms with Crippen molar-refractivity contribution in [2.75, 3.05) is 20.1 Å². The number of rotatable bonds is 4. The van der Waals surface area contributed by atoms with Crippen LogP contribution in [0.15, 0.2) is 23.3 Å². The van der Waals surface area contributed by atoms with E-state index in [1.54, 1.807) is 30.8 Å². The predicted octanol–water partition coefficient (Wildman–Crippen LogP) is 2.50. The number of thiazole rings is 1. The van der Waals surface area contributed by atoms with Crippen LogP contribution in [-0.4, -0.2) is 45.9 Å². The van der Waals surface area contributed by atoms with E-state index in [4.69, 9.17) is 0 Å². The van der Waals surface area contributed by atoms with Crippen molar-refractivity contribution in [3.8, 4) is 0 Å². The summed E-state index contributed by atoms with van der Waals surface area (Å²) in [6.45, 7) is 2.79. The summed E-state index contributed by atoms with van der Waals surface area (Å²) in [5, 5.41) is 4.84.